The van der Waals surface area contributed by atoms with E-state index in [1.54, 1.807) is 4.90 Å². The van der Waals surface area contributed by atoms with Crippen LogP contribution in [0.1, 0.15) is 48.4 Å². The summed E-state index contributed by atoms with van der Waals surface area (Å²) in [6, 6.07) is 14.4. The van der Waals surface area contributed by atoms with Gasteiger partial charge in [-0.25, -0.2) is 4.68 Å². The van der Waals surface area contributed by atoms with Crippen molar-refractivity contribution >= 4 is 40.3 Å². The molecule has 33 heavy (non-hydrogen) atoms. The van der Waals surface area contributed by atoms with Crippen molar-refractivity contribution < 1.29 is 4.79 Å². The number of carbonyl (C=O) groups is 1. The summed E-state index contributed by atoms with van der Waals surface area (Å²) >= 11 is 6.92. The Kier molecular flexibility index (Phi) is 7.15. The second-order valence-corrected chi connectivity index (χ2v) is 10.2. The number of hydrogen-bond acceptors (Lipinski definition) is 4. The second kappa shape index (κ2) is 10.1. The molecule has 3 aromatic rings. The molecule has 2 heterocycles. The zero-order chi connectivity index (χ0) is 23.5. The van der Waals surface area contributed by atoms with Gasteiger partial charge in [0.2, 0.25) is 0 Å². The Morgan fingerprint density at radius 1 is 1.06 bits per heavy atom. The number of amides is 1. The molecule has 4 rings (SSSR count). The molecule has 0 bridgehead atoms. The summed E-state index contributed by atoms with van der Waals surface area (Å²) in [4.78, 5) is 15.5. The predicted octanol–water partition coefficient (Wildman–Crippen LogP) is 6.86. The summed E-state index contributed by atoms with van der Waals surface area (Å²) in [5, 5.41) is 4.97. The lowest BCUT2D eigenvalue weighted by molar-refractivity contribution is -0.122. The fraction of sp³-hybridized carbons (Fsp3) is 0.296. The monoisotopic (exact) mass is 475 g/mol. The number of para-hydroxylation sites is 1. The lowest BCUT2D eigenvalue weighted by Crippen LogP contribution is -2.28. The molecule has 1 aromatic heterocycles. The van der Waals surface area contributed by atoms with E-state index in [1.165, 1.54) is 28.5 Å². The molecule has 0 spiro atoms. The van der Waals surface area contributed by atoms with Gasteiger partial charge >= 0.3 is 0 Å². The minimum Gasteiger partial charge on any atom is -0.293 e. The highest BCUT2D eigenvalue weighted by molar-refractivity contribution is 8.26. The van der Waals surface area contributed by atoms with Gasteiger partial charge in [0.05, 0.1) is 10.6 Å². The van der Waals surface area contributed by atoms with Crippen molar-refractivity contribution in [1.29, 1.82) is 0 Å². The Morgan fingerprint density at radius 3 is 2.42 bits per heavy atom. The average molecular weight is 476 g/mol. The maximum absolute atomic E-state index is 13.1. The Bertz CT molecular complexity index is 1200. The van der Waals surface area contributed by atoms with Crippen molar-refractivity contribution in [1.82, 2.24) is 14.7 Å². The molecular weight excluding hydrogens is 446 g/mol. The van der Waals surface area contributed by atoms with Crippen LogP contribution in [0, 0.1) is 20.8 Å². The zero-order valence-corrected chi connectivity index (χ0v) is 21.2. The van der Waals surface area contributed by atoms with Crippen molar-refractivity contribution in [3.63, 3.8) is 0 Å². The van der Waals surface area contributed by atoms with E-state index in [1.807, 2.05) is 47.3 Å². The molecule has 0 saturated carbocycles. The number of benzene rings is 2. The fourth-order valence-electron chi connectivity index (χ4n) is 4.31. The first-order chi connectivity index (χ1) is 15.9. The van der Waals surface area contributed by atoms with Gasteiger partial charge in [-0.2, -0.15) is 5.10 Å². The topological polar surface area (TPSA) is 38.1 Å². The van der Waals surface area contributed by atoms with Crippen molar-refractivity contribution in [3.05, 3.63) is 75.8 Å². The SMILES string of the molecule is CCCCCN1C(=O)/C(=C\c2cn(-c3ccccc3)nc2-c2c(C)cc(C)cc2C)SC1=S. The largest absolute Gasteiger partial charge is 0.293 e. The van der Waals surface area contributed by atoms with E-state index in [4.69, 9.17) is 17.3 Å². The highest BCUT2D eigenvalue weighted by atomic mass is 32.2. The van der Waals surface area contributed by atoms with Crippen LogP contribution in [0.2, 0.25) is 0 Å². The Morgan fingerprint density at radius 2 is 1.76 bits per heavy atom. The molecule has 1 aliphatic heterocycles. The van der Waals surface area contributed by atoms with Gasteiger partial charge in [-0.1, -0.05) is 79.6 Å². The number of aryl methyl sites for hydroxylation is 3. The molecule has 6 heteroatoms. The van der Waals surface area contributed by atoms with Crippen molar-refractivity contribution in [2.24, 2.45) is 0 Å². The highest BCUT2D eigenvalue weighted by Gasteiger charge is 2.32. The standard InChI is InChI=1S/C27H29N3OS2/c1-5-6-10-13-29-26(31)23(33-27(29)32)16-21-17-30(22-11-8-7-9-12-22)28-25(21)24-19(3)14-18(2)15-20(24)4/h7-9,11-12,14-17H,5-6,10,13H2,1-4H3/b23-16+. The normalized spacial score (nSPS) is 15.2. The Hall–Kier alpha value is -2.70. The summed E-state index contributed by atoms with van der Waals surface area (Å²) in [7, 11) is 0. The maximum Gasteiger partial charge on any atom is 0.266 e. The summed E-state index contributed by atoms with van der Waals surface area (Å²) < 4.78 is 2.53. The van der Waals surface area contributed by atoms with Crippen molar-refractivity contribution in [2.75, 3.05) is 6.54 Å². The van der Waals surface area contributed by atoms with Gasteiger partial charge < -0.3 is 0 Å². The highest BCUT2D eigenvalue weighted by Crippen LogP contribution is 2.36. The third-order valence-electron chi connectivity index (χ3n) is 5.82. The maximum atomic E-state index is 13.1. The van der Waals surface area contributed by atoms with Gasteiger partial charge in [0.15, 0.2) is 0 Å². The van der Waals surface area contributed by atoms with Gasteiger partial charge in [-0.3, -0.25) is 9.69 Å². The zero-order valence-electron chi connectivity index (χ0n) is 19.6. The lowest BCUT2D eigenvalue weighted by atomic mass is 9.95. The van der Waals surface area contributed by atoms with E-state index in [9.17, 15) is 4.79 Å². The molecule has 1 aliphatic rings. The van der Waals surface area contributed by atoms with Crippen LogP contribution < -0.4 is 0 Å². The quantitative estimate of drug-likeness (QED) is 0.213. The fourth-order valence-corrected chi connectivity index (χ4v) is 5.61. The third-order valence-corrected chi connectivity index (χ3v) is 7.20. The van der Waals surface area contributed by atoms with Crippen LogP contribution in [-0.2, 0) is 4.79 Å². The first kappa shape index (κ1) is 23.5. The molecular formula is C27H29N3OS2. The van der Waals surface area contributed by atoms with E-state index in [0.29, 0.717) is 15.8 Å². The van der Waals surface area contributed by atoms with E-state index in [-0.39, 0.29) is 5.91 Å². The van der Waals surface area contributed by atoms with E-state index >= 15 is 0 Å². The van der Waals surface area contributed by atoms with Gasteiger partial charge in [0, 0.05) is 23.9 Å². The first-order valence-electron chi connectivity index (χ1n) is 11.4. The molecule has 1 fully saturated rings. The number of thioether (sulfide) groups is 1. The smallest absolute Gasteiger partial charge is 0.266 e. The molecule has 0 aliphatic carbocycles. The molecule has 1 amide bonds. The molecule has 1 saturated heterocycles. The molecule has 0 atom stereocenters. The number of carbonyl (C=O) groups excluding carboxylic acids is 1. The molecule has 0 unspecified atom stereocenters. The number of thiocarbonyl (C=S) groups is 1. The average Bonchev–Trinajstić information content (AvgIpc) is 3.30. The van der Waals surface area contributed by atoms with Crippen molar-refractivity contribution in [3.8, 4) is 16.9 Å². The summed E-state index contributed by atoms with van der Waals surface area (Å²) in [5.41, 5.74) is 7.46. The molecule has 2 aromatic carbocycles. The lowest BCUT2D eigenvalue weighted by Gasteiger charge is -2.13. The molecule has 170 valence electrons. The molecule has 4 nitrogen and oxygen atoms in total. The van der Waals surface area contributed by atoms with E-state index in [0.717, 1.165) is 41.8 Å². The molecule has 0 N–H and O–H groups in total. The van der Waals surface area contributed by atoms with Gasteiger partial charge in [-0.05, 0) is 56.5 Å². The number of nitrogens with zero attached hydrogens (tertiary/aromatic N) is 3. The number of rotatable bonds is 7. The van der Waals surface area contributed by atoms with Crippen LogP contribution in [-0.4, -0.2) is 31.5 Å². The van der Waals surface area contributed by atoms with Crippen LogP contribution in [0.5, 0.6) is 0 Å². The molecule has 0 radical (unpaired) electrons. The Balaban J connectivity index is 1.79. The van der Waals surface area contributed by atoms with Gasteiger partial charge in [0.25, 0.3) is 5.91 Å². The second-order valence-electron chi connectivity index (χ2n) is 8.53. The van der Waals surface area contributed by atoms with Crippen LogP contribution in [0.4, 0.5) is 0 Å². The van der Waals surface area contributed by atoms with E-state index < -0.39 is 0 Å². The van der Waals surface area contributed by atoms with Gasteiger partial charge in [0.1, 0.15) is 10.0 Å². The minimum absolute atomic E-state index is 0.00290. The minimum atomic E-state index is -0.00290. The van der Waals surface area contributed by atoms with Crippen LogP contribution >= 0.6 is 24.0 Å². The number of aromatic nitrogens is 2. The van der Waals surface area contributed by atoms with Crippen LogP contribution in [0.25, 0.3) is 23.0 Å². The predicted molar refractivity (Wildman–Crippen MR) is 143 cm³/mol. The number of hydrogen-bond donors (Lipinski definition) is 0. The number of unbranched alkanes of at least 4 members (excludes halogenated alkanes) is 2. The van der Waals surface area contributed by atoms with Crippen LogP contribution in [0.3, 0.4) is 0 Å². The Labute approximate surface area is 205 Å². The van der Waals surface area contributed by atoms with Gasteiger partial charge in [-0.15, -0.1) is 0 Å². The van der Waals surface area contributed by atoms with Crippen molar-refractivity contribution in [2.45, 2.75) is 47.0 Å². The van der Waals surface area contributed by atoms with E-state index in [2.05, 4.69) is 39.8 Å². The summed E-state index contributed by atoms with van der Waals surface area (Å²) in [5.74, 6) is -0.00290. The first-order valence-corrected chi connectivity index (χ1v) is 12.6. The third kappa shape index (κ3) is 4.97. The summed E-state index contributed by atoms with van der Waals surface area (Å²) in [6.45, 7) is 9.19. The summed E-state index contributed by atoms with van der Waals surface area (Å²) in [6.07, 6.45) is 7.14. The van der Waals surface area contributed by atoms with Crippen LogP contribution in [0.15, 0.2) is 53.6 Å².